The van der Waals surface area contributed by atoms with Gasteiger partial charge in [-0.15, -0.1) is 0 Å². The molecule has 7 heteroatoms. The average molecular weight is 367 g/mol. The van der Waals surface area contributed by atoms with E-state index in [1.165, 1.54) is 12.1 Å². The van der Waals surface area contributed by atoms with E-state index < -0.39 is 24.2 Å². The van der Waals surface area contributed by atoms with Crippen LogP contribution >= 0.6 is 0 Å². The summed E-state index contributed by atoms with van der Waals surface area (Å²) in [5.41, 5.74) is 6.24. The molecule has 0 fully saturated rings. The zero-order valence-electron chi connectivity index (χ0n) is 16.0. The Bertz CT molecular complexity index is 637. The molecule has 7 nitrogen and oxygen atoms in total. The largest absolute Gasteiger partial charge is 0.504 e. The molecule has 0 amide bonds. The molecule has 0 saturated carbocycles. The quantitative estimate of drug-likeness (QED) is 0.499. The van der Waals surface area contributed by atoms with Gasteiger partial charge in [0.2, 0.25) is 0 Å². The van der Waals surface area contributed by atoms with E-state index in [4.69, 9.17) is 15.2 Å². The fraction of sp³-hybridized carbons (Fsp3) is 0.579. The van der Waals surface area contributed by atoms with Crippen LogP contribution in [0.2, 0.25) is 0 Å². The van der Waals surface area contributed by atoms with Crippen molar-refractivity contribution in [3.63, 3.8) is 0 Å². The number of carbonyl (C=O) groups excluding carboxylic acids is 2. The van der Waals surface area contributed by atoms with Crippen LogP contribution in [0.1, 0.15) is 46.6 Å². The highest BCUT2D eigenvalue weighted by molar-refractivity contribution is 5.76. The van der Waals surface area contributed by atoms with Gasteiger partial charge in [0, 0.05) is 0 Å². The maximum absolute atomic E-state index is 12.1. The SMILES string of the molecule is C[C@H](OC(=O)CC(C)(C)C)[C@H](C)OC(=O)[C@@H](N)Cc1ccc(O)c(O)c1. The van der Waals surface area contributed by atoms with Crippen molar-refractivity contribution in [1.82, 2.24) is 0 Å². The molecule has 146 valence electrons. The fourth-order valence-corrected chi connectivity index (χ4v) is 2.18. The summed E-state index contributed by atoms with van der Waals surface area (Å²) < 4.78 is 10.6. The number of carbonyl (C=O) groups is 2. The van der Waals surface area contributed by atoms with Crippen molar-refractivity contribution in [2.75, 3.05) is 0 Å². The first kappa shape index (κ1) is 21.8. The van der Waals surface area contributed by atoms with Crippen LogP contribution < -0.4 is 5.73 Å². The number of hydrogen-bond donors (Lipinski definition) is 3. The van der Waals surface area contributed by atoms with Gasteiger partial charge in [-0.05, 0) is 43.4 Å². The second kappa shape index (κ2) is 8.89. The Morgan fingerprint density at radius 3 is 2.19 bits per heavy atom. The van der Waals surface area contributed by atoms with Crippen molar-refractivity contribution in [3.05, 3.63) is 23.8 Å². The van der Waals surface area contributed by atoms with Gasteiger partial charge in [-0.3, -0.25) is 9.59 Å². The fourth-order valence-electron chi connectivity index (χ4n) is 2.18. The van der Waals surface area contributed by atoms with Crippen LogP contribution in [0.4, 0.5) is 0 Å². The van der Waals surface area contributed by atoms with Crippen molar-refractivity contribution in [2.45, 2.75) is 65.7 Å². The van der Waals surface area contributed by atoms with Crippen LogP contribution in [0.25, 0.3) is 0 Å². The first-order valence-electron chi connectivity index (χ1n) is 8.55. The summed E-state index contributed by atoms with van der Waals surface area (Å²) in [7, 11) is 0. The normalized spacial score (nSPS) is 15.0. The number of nitrogens with two attached hydrogens (primary N) is 1. The van der Waals surface area contributed by atoms with Crippen LogP contribution in [0, 0.1) is 5.41 Å². The lowest BCUT2D eigenvalue weighted by Crippen LogP contribution is -2.39. The zero-order chi connectivity index (χ0) is 20.1. The molecule has 3 atom stereocenters. The molecule has 0 aliphatic carbocycles. The molecule has 4 N–H and O–H groups in total. The first-order valence-corrected chi connectivity index (χ1v) is 8.55. The topological polar surface area (TPSA) is 119 Å². The van der Waals surface area contributed by atoms with Crippen LogP contribution in [0.3, 0.4) is 0 Å². The molecule has 0 bridgehead atoms. The van der Waals surface area contributed by atoms with Crippen LogP contribution in [0.15, 0.2) is 18.2 Å². The number of esters is 2. The Morgan fingerprint density at radius 1 is 1.08 bits per heavy atom. The van der Waals surface area contributed by atoms with E-state index >= 15 is 0 Å². The summed E-state index contributed by atoms with van der Waals surface area (Å²) in [4.78, 5) is 24.0. The lowest BCUT2D eigenvalue weighted by Gasteiger charge is -2.24. The van der Waals surface area contributed by atoms with Gasteiger partial charge in [-0.2, -0.15) is 0 Å². The van der Waals surface area contributed by atoms with Gasteiger partial charge < -0.3 is 25.4 Å². The van der Waals surface area contributed by atoms with Crippen molar-refractivity contribution in [1.29, 1.82) is 0 Å². The van der Waals surface area contributed by atoms with E-state index in [9.17, 15) is 19.8 Å². The molecule has 1 rings (SSSR count). The van der Waals surface area contributed by atoms with E-state index in [2.05, 4.69) is 0 Å². The lowest BCUT2D eigenvalue weighted by molar-refractivity contribution is -0.167. The van der Waals surface area contributed by atoms with E-state index in [0.717, 1.165) is 0 Å². The van der Waals surface area contributed by atoms with Crippen molar-refractivity contribution < 1.29 is 29.3 Å². The molecular weight excluding hydrogens is 338 g/mol. The number of aromatic hydroxyl groups is 2. The molecule has 0 saturated heterocycles. The van der Waals surface area contributed by atoms with E-state index in [1.54, 1.807) is 19.9 Å². The number of hydrogen-bond acceptors (Lipinski definition) is 7. The van der Waals surface area contributed by atoms with Gasteiger partial charge in [0.15, 0.2) is 11.5 Å². The van der Waals surface area contributed by atoms with E-state index in [1.807, 2.05) is 20.8 Å². The number of benzene rings is 1. The van der Waals surface area contributed by atoms with Gasteiger partial charge in [-0.25, -0.2) is 0 Å². The molecule has 0 spiro atoms. The molecule has 26 heavy (non-hydrogen) atoms. The molecule has 0 aromatic heterocycles. The Hall–Kier alpha value is -2.28. The molecule has 0 unspecified atom stereocenters. The van der Waals surface area contributed by atoms with Gasteiger partial charge in [0.25, 0.3) is 0 Å². The minimum Gasteiger partial charge on any atom is -0.504 e. The smallest absolute Gasteiger partial charge is 0.323 e. The van der Waals surface area contributed by atoms with Crippen LogP contribution in [0.5, 0.6) is 11.5 Å². The standard InChI is InChI=1S/C19H29NO6/c1-11(25-17(23)10-19(3,4)5)12(2)26-18(24)14(20)8-13-6-7-15(21)16(22)9-13/h6-7,9,11-12,14,21-22H,8,10,20H2,1-5H3/t11-,12-,14-/m0/s1. The summed E-state index contributed by atoms with van der Waals surface area (Å²) in [6, 6.07) is 3.27. The molecular formula is C19H29NO6. The number of phenols is 2. The van der Waals surface area contributed by atoms with Crippen LogP contribution in [-0.2, 0) is 25.5 Å². The summed E-state index contributed by atoms with van der Waals surface area (Å²) in [6.07, 6.45) is -0.844. The summed E-state index contributed by atoms with van der Waals surface area (Å²) in [5.74, 6) is -1.51. The molecule has 0 aliphatic rings. The van der Waals surface area contributed by atoms with Crippen molar-refractivity contribution in [2.24, 2.45) is 11.1 Å². The molecule has 0 aliphatic heterocycles. The predicted molar refractivity (Wildman–Crippen MR) is 96.6 cm³/mol. The second-order valence-corrected chi connectivity index (χ2v) is 7.71. The average Bonchev–Trinajstić information content (AvgIpc) is 2.48. The highest BCUT2D eigenvalue weighted by atomic mass is 16.6. The zero-order valence-corrected chi connectivity index (χ0v) is 16.0. The minimum atomic E-state index is -0.945. The van der Waals surface area contributed by atoms with Crippen LogP contribution in [-0.4, -0.2) is 40.4 Å². The van der Waals surface area contributed by atoms with Gasteiger partial charge >= 0.3 is 11.9 Å². The Kier molecular flexibility index (Phi) is 7.44. The number of phenolic OH excluding ortho intramolecular Hbond substituents is 2. The third kappa shape index (κ3) is 7.31. The Labute approximate surface area is 154 Å². The molecule has 1 aromatic carbocycles. The van der Waals surface area contributed by atoms with E-state index in [-0.39, 0.29) is 35.7 Å². The first-order chi connectivity index (χ1) is 11.9. The third-order valence-corrected chi connectivity index (χ3v) is 3.75. The maximum Gasteiger partial charge on any atom is 0.323 e. The lowest BCUT2D eigenvalue weighted by atomic mass is 9.92. The Morgan fingerprint density at radius 2 is 1.65 bits per heavy atom. The van der Waals surface area contributed by atoms with E-state index in [0.29, 0.717) is 5.56 Å². The van der Waals surface area contributed by atoms with Gasteiger partial charge in [-0.1, -0.05) is 26.8 Å². The number of ether oxygens (including phenoxy) is 2. The minimum absolute atomic E-state index is 0.136. The van der Waals surface area contributed by atoms with Crippen molar-refractivity contribution in [3.8, 4) is 11.5 Å². The third-order valence-electron chi connectivity index (χ3n) is 3.75. The summed E-state index contributed by atoms with van der Waals surface area (Å²) in [6.45, 7) is 9.08. The van der Waals surface area contributed by atoms with Gasteiger partial charge in [0.1, 0.15) is 18.2 Å². The van der Waals surface area contributed by atoms with Gasteiger partial charge in [0.05, 0.1) is 6.42 Å². The molecule has 0 radical (unpaired) electrons. The monoisotopic (exact) mass is 367 g/mol. The predicted octanol–water partition coefficient (Wildman–Crippen LogP) is 2.27. The highest BCUT2D eigenvalue weighted by Gasteiger charge is 2.26. The molecule has 1 aromatic rings. The Balaban J connectivity index is 2.54. The highest BCUT2D eigenvalue weighted by Crippen LogP contribution is 2.25. The molecule has 0 heterocycles. The van der Waals surface area contributed by atoms with Crippen molar-refractivity contribution >= 4 is 11.9 Å². The second-order valence-electron chi connectivity index (χ2n) is 7.71. The number of rotatable bonds is 7. The summed E-state index contributed by atoms with van der Waals surface area (Å²) >= 11 is 0. The maximum atomic E-state index is 12.1. The summed E-state index contributed by atoms with van der Waals surface area (Å²) in [5, 5.41) is 18.8.